The second kappa shape index (κ2) is 10.3. The van der Waals surface area contributed by atoms with Crippen LogP contribution in [0.4, 0.5) is 0 Å². The van der Waals surface area contributed by atoms with Crippen molar-refractivity contribution in [3.8, 4) is 0 Å². The topological polar surface area (TPSA) is 93.2 Å². The Morgan fingerprint density at radius 1 is 1.11 bits per heavy atom. The van der Waals surface area contributed by atoms with E-state index in [0.717, 1.165) is 41.9 Å². The fraction of sp³-hybridized carbons (Fsp3) is 0.639. The standard InChI is InChI=1S/C36H46N4O3S/c1-34-18-22-20-37-40(24-9-5-4-6-10-24)29(22)17-23(34)13-14-25-26-15-16-36(43,35(26,2)19-30(41)32(25)34)31(42)21-44-33-38-27-11-7-8-12-28(27)39(33)3/h7-8,11-12,17,20,24-26,30,32,41,43H,4-6,9-10,13-16,18-19,21H2,1-3H3/t25-,26-,30-,32+,34-,35-,36-/m0/s1. The number of hydrogen-bond donors (Lipinski definition) is 2. The van der Waals surface area contributed by atoms with Crippen molar-refractivity contribution in [2.24, 2.45) is 35.6 Å². The minimum atomic E-state index is -1.43. The number of carbonyl (C=O) groups is 1. The number of carbonyl (C=O) groups excluding carboxylic acids is 1. The van der Waals surface area contributed by atoms with Gasteiger partial charge in [0.15, 0.2) is 10.9 Å². The first-order chi connectivity index (χ1) is 21.1. The maximum absolute atomic E-state index is 13.9. The number of hydrogen-bond acceptors (Lipinski definition) is 6. The third kappa shape index (κ3) is 4.05. The van der Waals surface area contributed by atoms with Crippen molar-refractivity contribution in [2.75, 3.05) is 5.75 Å². The quantitative estimate of drug-likeness (QED) is 0.318. The molecule has 0 aliphatic heterocycles. The highest BCUT2D eigenvalue weighted by Crippen LogP contribution is 2.67. The molecule has 2 N–H and O–H groups in total. The summed E-state index contributed by atoms with van der Waals surface area (Å²) in [6, 6.07) is 8.49. The van der Waals surface area contributed by atoms with E-state index in [1.807, 2.05) is 35.9 Å². The Kier molecular flexibility index (Phi) is 6.79. The SMILES string of the molecule is Cn1c(SCC(=O)[C@@]2(O)CC[C@H]3[C@@H]4CCC5=Cc6c(cnn6C6CCCCC6)C[C@]5(C)[C@H]4[C@@H](O)C[C@@]32C)nc2ccccc21. The second-order valence-electron chi connectivity index (χ2n) is 15.1. The number of Topliss-reactive ketones (excluding diaryl/α,β-unsaturated/α-hetero) is 1. The summed E-state index contributed by atoms with van der Waals surface area (Å²) in [6.07, 6.45) is 15.0. The largest absolute Gasteiger partial charge is 0.393 e. The Hall–Kier alpha value is -2.42. The molecule has 0 amide bonds. The Bertz CT molecular complexity index is 1650. The third-order valence-corrected chi connectivity index (χ3v) is 14.1. The Morgan fingerprint density at radius 3 is 2.70 bits per heavy atom. The van der Waals surface area contributed by atoms with E-state index in [1.54, 1.807) is 0 Å². The molecule has 0 radical (unpaired) electrons. The molecule has 1 aromatic carbocycles. The fourth-order valence-electron chi connectivity index (χ4n) is 10.8. The van der Waals surface area contributed by atoms with Crippen molar-refractivity contribution in [2.45, 2.75) is 107 Å². The van der Waals surface area contributed by atoms with Crippen LogP contribution in [-0.4, -0.2) is 52.8 Å². The van der Waals surface area contributed by atoms with E-state index < -0.39 is 17.1 Å². The maximum Gasteiger partial charge on any atom is 0.175 e. The number of aliphatic hydroxyl groups excluding tert-OH is 1. The lowest BCUT2D eigenvalue weighted by Crippen LogP contribution is -2.62. The van der Waals surface area contributed by atoms with Gasteiger partial charge in [0.25, 0.3) is 0 Å². The Morgan fingerprint density at radius 2 is 1.91 bits per heavy atom. The predicted octanol–water partition coefficient (Wildman–Crippen LogP) is 6.52. The summed E-state index contributed by atoms with van der Waals surface area (Å²) >= 11 is 1.41. The van der Waals surface area contributed by atoms with Gasteiger partial charge in [0.2, 0.25) is 0 Å². The maximum atomic E-state index is 13.9. The van der Waals surface area contributed by atoms with E-state index in [-0.39, 0.29) is 34.7 Å². The molecule has 5 aliphatic carbocycles. The summed E-state index contributed by atoms with van der Waals surface area (Å²) in [5.74, 6) is 0.688. The number of aromatic nitrogens is 4. The smallest absolute Gasteiger partial charge is 0.175 e. The van der Waals surface area contributed by atoms with Crippen LogP contribution in [0.5, 0.6) is 0 Å². The van der Waals surface area contributed by atoms with Gasteiger partial charge in [-0.25, -0.2) is 4.98 Å². The number of benzene rings is 1. The zero-order chi connectivity index (χ0) is 30.4. The summed E-state index contributed by atoms with van der Waals surface area (Å²) < 4.78 is 4.34. The van der Waals surface area contributed by atoms with Crippen LogP contribution in [0, 0.1) is 28.6 Å². The van der Waals surface area contributed by atoms with Gasteiger partial charge in [-0.3, -0.25) is 9.48 Å². The van der Waals surface area contributed by atoms with Crippen molar-refractivity contribution < 1.29 is 15.0 Å². The monoisotopic (exact) mass is 614 g/mol. The van der Waals surface area contributed by atoms with Crippen molar-refractivity contribution in [3.63, 3.8) is 0 Å². The van der Waals surface area contributed by atoms with Crippen LogP contribution in [0.2, 0.25) is 0 Å². The first-order valence-electron chi connectivity index (χ1n) is 16.9. The lowest BCUT2D eigenvalue weighted by molar-refractivity contribution is -0.177. The summed E-state index contributed by atoms with van der Waals surface area (Å²) in [6.45, 7) is 4.48. The molecule has 2 aromatic heterocycles. The number of para-hydroxylation sites is 2. The molecule has 7 atom stereocenters. The average molecular weight is 615 g/mol. The van der Waals surface area contributed by atoms with Gasteiger partial charge < -0.3 is 14.8 Å². The molecule has 5 aliphatic rings. The molecule has 234 valence electrons. The minimum Gasteiger partial charge on any atom is -0.393 e. The molecule has 44 heavy (non-hydrogen) atoms. The molecular weight excluding hydrogens is 568 g/mol. The first kappa shape index (κ1) is 29.0. The second-order valence-corrected chi connectivity index (χ2v) is 16.1. The van der Waals surface area contributed by atoms with Gasteiger partial charge in [0.05, 0.1) is 40.8 Å². The van der Waals surface area contributed by atoms with Crippen LogP contribution in [0.3, 0.4) is 0 Å². The molecule has 0 unspecified atom stereocenters. The molecule has 8 heteroatoms. The number of ketones is 1. The number of allylic oxidation sites excluding steroid dienone is 1. The molecule has 4 fully saturated rings. The molecule has 0 bridgehead atoms. The normalized spacial score (nSPS) is 36.8. The molecular formula is C36H46N4O3S. The number of fused-ring (bicyclic) bond motifs is 7. The van der Waals surface area contributed by atoms with Gasteiger partial charge >= 0.3 is 0 Å². The van der Waals surface area contributed by atoms with E-state index in [1.165, 1.54) is 60.7 Å². The van der Waals surface area contributed by atoms with Crippen LogP contribution in [0.1, 0.15) is 95.4 Å². The number of thioether (sulfide) groups is 1. The molecule has 8 rings (SSSR count). The zero-order valence-corrected chi connectivity index (χ0v) is 27.2. The predicted molar refractivity (Wildman–Crippen MR) is 173 cm³/mol. The fourth-order valence-corrected chi connectivity index (χ4v) is 11.7. The van der Waals surface area contributed by atoms with Crippen LogP contribution >= 0.6 is 11.8 Å². The van der Waals surface area contributed by atoms with Gasteiger partial charge in [-0.2, -0.15) is 5.10 Å². The summed E-state index contributed by atoms with van der Waals surface area (Å²) in [4.78, 5) is 18.7. The van der Waals surface area contributed by atoms with Crippen LogP contribution in [-0.2, 0) is 18.3 Å². The highest BCUT2D eigenvalue weighted by Gasteiger charge is 2.68. The van der Waals surface area contributed by atoms with E-state index in [9.17, 15) is 15.0 Å². The van der Waals surface area contributed by atoms with Gasteiger partial charge in [0.1, 0.15) is 5.60 Å². The van der Waals surface area contributed by atoms with E-state index in [0.29, 0.717) is 18.9 Å². The molecule has 7 nitrogen and oxygen atoms in total. The van der Waals surface area contributed by atoms with Gasteiger partial charge in [-0.05, 0) is 98.3 Å². The average Bonchev–Trinajstić information content (AvgIpc) is 3.66. The molecule has 3 aromatic rings. The molecule has 2 heterocycles. The highest BCUT2D eigenvalue weighted by molar-refractivity contribution is 7.99. The van der Waals surface area contributed by atoms with E-state index in [4.69, 9.17) is 10.1 Å². The molecule has 0 spiro atoms. The molecule has 4 saturated carbocycles. The number of aryl methyl sites for hydroxylation is 1. The van der Waals surface area contributed by atoms with E-state index >= 15 is 0 Å². The van der Waals surface area contributed by atoms with Crippen molar-refractivity contribution in [3.05, 3.63) is 47.3 Å². The molecule has 0 saturated heterocycles. The van der Waals surface area contributed by atoms with Crippen LogP contribution in [0.15, 0.2) is 41.2 Å². The number of nitrogens with zero attached hydrogens (tertiary/aromatic N) is 4. The first-order valence-corrected chi connectivity index (χ1v) is 17.9. The number of aliphatic hydroxyl groups is 2. The van der Waals surface area contributed by atoms with Gasteiger partial charge in [-0.1, -0.05) is 62.6 Å². The summed E-state index contributed by atoms with van der Waals surface area (Å²) in [5.41, 5.74) is 3.84. The van der Waals surface area contributed by atoms with Crippen molar-refractivity contribution in [1.82, 2.24) is 19.3 Å². The number of rotatable bonds is 5. The zero-order valence-electron chi connectivity index (χ0n) is 26.3. The van der Waals surface area contributed by atoms with Crippen molar-refractivity contribution in [1.29, 1.82) is 0 Å². The van der Waals surface area contributed by atoms with Gasteiger partial charge in [-0.15, -0.1) is 0 Å². The highest BCUT2D eigenvalue weighted by atomic mass is 32.2. The Labute approximate surface area is 264 Å². The van der Waals surface area contributed by atoms with Crippen LogP contribution < -0.4 is 0 Å². The van der Waals surface area contributed by atoms with Crippen molar-refractivity contribution >= 4 is 34.7 Å². The number of imidazole rings is 1. The summed E-state index contributed by atoms with van der Waals surface area (Å²) in [5, 5.41) is 30.0. The van der Waals surface area contributed by atoms with E-state index in [2.05, 4.69) is 30.8 Å². The lowest BCUT2D eigenvalue weighted by atomic mass is 9.45. The summed E-state index contributed by atoms with van der Waals surface area (Å²) in [7, 11) is 1.98. The Balaban J connectivity index is 1.04. The third-order valence-electron chi connectivity index (χ3n) is 13.1. The lowest BCUT2D eigenvalue weighted by Gasteiger charge is -2.60. The van der Waals surface area contributed by atoms with Gasteiger partial charge in [0, 0.05) is 12.5 Å². The van der Waals surface area contributed by atoms with Crippen LogP contribution in [0.25, 0.3) is 17.1 Å². The minimum absolute atomic E-state index is 0.120.